The van der Waals surface area contributed by atoms with Crippen molar-refractivity contribution in [2.75, 3.05) is 42.3 Å². The molecule has 208 valence electrons. The number of halogens is 3. The zero-order valence-electron chi connectivity index (χ0n) is 22.7. The van der Waals surface area contributed by atoms with Crippen LogP contribution < -0.4 is 20.4 Å². The molecule has 2 aliphatic rings. The second-order valence-electron chi connectivity index (χ2n) is 11.0. The molecule has 3 atom stereocenters. The van der Waals surface area contributed by atoms with E-state index in [1.807, 2.05) is 20.3 Å². The zero-order chi connectivity index (χ0) is 27.4. The van der Waals surface area contributed by atoms with Gasteiger partial charge in [0.05, 0.1) is 5.56 Å². The third-order valence-corrected chi connectivity index (χ3v) is 7.99. The van der Waals surface area contributed by atoms with Gasteiger partial charge in [-0.3, -0.25) is 0 Å². The number of piperidine rings is 1. The molecule has 0 radical (unpaired) electrons. The topological polar surface area (TPSA) is 43.4 Å². The highest BCUT2D eigenvalue weighted by Gasteiger charge is 2.32. The highest BCUT2D eigenvalue weighted by atomic mass is 19.4. The van der Waals surface area contributed by atoms with Crippen molar-refractivity contribution in [2.45, 2.75) is 62.8 Å². The summed E-state index contributed by atoms with van der Waals surface area (Å²) >= 11 is 0. The quantitative estimate of drug-likeness (QED) is 0.346. The molecule has 2 fully saturated rings. The lowest BCUT2D eigenvalue weighted by Gasteiger charge is -2.40. The number of hydrogen-bond donors (Lipinski definition) is 2. The summed E-state index contributed by atoms with van der Waals surface area (Å²) in [6.07, 6.45) is 4.19. The first kappa shape index (κ1) is 27.3. The van der Waals surface area contributed by atoms with Crippen molar-refractivity contribution in [3.8, 4) is 11.1 Å². The van der Waals surface area contributed by atoms with E-state index in [-0.39, 0.29) is 6.04 Å². The van der Waals surface area contributed by atoms with Crippen LogP contribution in [0.1, 0.15) is 44.1 Å². The van der Waals surface area contributed by atoms with Crippen LogP contribution in [0.2, 0.25) is 0 Å². The van der Waals surface area contributed by atoms with Crippen LogP contribution >= 0.6 is 0 Å². The lowest BCUT2D eigenvalue weighted by Crippen LogP contribution is -2.55. The molecule has 0 spiro atoms. The second kappa shape index (κ2) is 11.9. The fraction of sp³-hybridized carbons (Fsp3) is 0.452. The lowest BCUT2D eigenvalue weighted by atomic mass is 9.89. The molecule has 1 aliphatic carbocycles. The average Bonchev–Trinajstić information content (AvgIpc) is 2.94. The number of nitrogens with zero attached hydrogens (tertiary/aromatic N) is 3. The Labute approximate surface area is 229 Å². The van der Waals surface area contributed by atoms with Gasteiger partial charge in [0.1, 0.15) is 5.82 Å². The first-order chi connectivity index (χ1) is 18.8. The van der Waals surface area contributed by atoms with Gasteiger partial charge in [0.2, 0.25) is 0 Å². The van der Waals surface area contributed by atoms with Crippen LogP contribution in [0.15, 0.2) is 66.9 Å². The molecule has 1 aromatic heterocycles. The van der Waals surface area contributed by atoms with Gasteiger partial charge in [0.15, 0.2) is 0 Å². The van der Waals surface area contributed by atoms with Crippen molar-refractivity contribution < 1.29 is 13.2 Å². The maximum atomic E-state index is 13.0. The molecule has 2 aromatic carbocycles. The van der Waals surface area contributed by atoms with Crippen molar-refractivity contribution in [3.63, 3.8) is 0 Å². The summed E-state index contributed by atoms with van der Waals surface area (Å²) in [7, 11) is 4.09. The van der Waals surface area contributed by atoms with E-state index in [0.717, 1.165) is 67.1 Å². The average molecular weight is 538 g/mol. The van der Waals surface area contributed by atoms with E-state index in [1.54, 1.807) is 12.1 Å². The molecular weight excluding hydrogens is 499 g/mol. The summed E-state index contributed by atoms with van der Waals surface area (Å²) in [5, 5.41) is 7.64. The Hall–Kier alpha value is -3.26. The minimum absolute atomic E-state index is 0.274. The van der Waals surface area contributed by atoms with E-state index < -0.39 is 11.7 Å². The Bertz CT molecular complexity index is 1230. The smallest absolute Gasteiger partial charge is 0.378 e. The first-order valence-electron chi connectivity index (χ1n) is 13.9. The third kappa shape index (κ3) is 6.85. The number of rotatable bonds is 7. The number of hydrogen-bond acceptors (Lipinski definition) is 5. The van der Waals surface area contributed by atoms with Crippen LogP contribution in [0.5, 0.6) is 0 Å². The molecule has 0 amide bonds. The van der Waals surface area contributed by atoms with Crippen LogP contribution in [-0.2, 0) is 6.18 Å². The van der Waals surface area contributed by atoms with E-state index in [1.165, 1.54) is 25.0 Å². The minimum atomic E-state index is -4.31. The van der Waals surface area contributed by atoms with Gasteiger partial charge < -0.3 is 20.4 Å². The van der Waals surface area contributed by atoms with Crippen LogP contribution in [-0.4, -0.2) is 50.3 Å². The molecule has 8 heteroatoms. The molecule has 1 saturated carbocycles. The summed E-state index contributed by atoms with van der Waals surface area (Å²) in [5.41, 5.74) is 3.71. The number of alkyl halides is 3. The SMILES string of the molecule is CN(C)c1cccc(-c2ccnc(NC3CCCC[C@H]3NC3CCCN(c4ccc(C(F)(F)F)cc4)C3)c2)c1. The number of anilines is 3. The fourth-order valence-corrected chi connectivity index (χ4v) is 5.86. The van der Waals surface area contributed by atoms with Crippen molar-refractivity contribution in [2.24, 2.45) is 0 Å². The second-order valence-corrected chi connectivity index (χ2v) is 11.0. The van der Waals surface area contributed by atoms with Gasteiger partial charge in [-0.2, -0.15) is 13.2 Å². The van der Waals surface area contributed by atoms with Crippen molar-refractivity contribution in [1.82, 2.24) is 10.3 Å². The summed E-state index contributed by atoms with van der Waals surface area (Å²) in [6.45, 7) is 1.66. The van der Waals surface area contributed by atoms with Gasteiger partial charge in [0, 0.05) is 62.9 Å². The van der Waals surface area contributed by atoms with Gasteiger partial charge in [-0.05, 0) is 85.3 Å². The monoisotopic (exact) mass is 537 g/mol. The minimum Gasteiger partial charge on any atom is -0.378 e. The van der Waals surface area contributed by atoms with E-state index in [4.69, 9.17) is 0 Å². The van der Waals surface area contributed by atoms with Crippen molar-refractivity contribution in [3.05, 3.63) is 72.4 Å². The zero-order valence-corrected chi connectivity index (χ0v) is 22.7. The van der Waals surface area contributed by atoms with E-state index in [9.17, 15) is 13.2 Å². The van der Waals surface area contributed by atoms with E-state index >= 15 is 0 Å². The molecule has 0 bridgehead atoms. The highest BCUT2D eigenvalue weighted by Crippen LogP contribution is 2.32. The Morgan fingerprint density at radius 3 is 2.36 bits per heavy atom. The molecule has 5 nitrogen and oxygen atoms in total. The van der Waals surface area contributed by atoms with Gasteiger partial charge in [0.25, 0.3) is 0 Å². The maximum Gasteiger partial charge on any atom is 0.416 e. The predicted octanol–water partition coefficient (Wildman–Crippen LogP) is 6.82. The van der Waals surface area contributed by atoms with Crippen molar-refractivity contribution >= 4 is 17.2 Å². The van der Waals surface area contributed by atoms with E-state index in [0.29, 0.717) is 12.1 Å². The van der Waals surface area contributed by atoms with Crippen LogP contribution in [0.25, 0.3) is 11.1 Å². The Morgan fingerprint density at radius 1 is 0.872 bits per heavy atom. The van der Waals surface area contributed by atoms with Crippen LogP contribution in [0.4, 0.5) is 30.4 Å². The predicted molar refractivity (Wildman–Crippen MR) is 153 cm³/mol. The molecule has 3 aromatic rings. The third-order valence-electron chi connectivity index (χ3n) is 7.99. The summed E-state index contributed by atoms with van der Waals surface area (Å²) in [4.78, 5) is 8.95. The van der Waals surface area contributed by atoms with Gasteiger partial charge in [-0.1, -0.05) is 25.0 Å². The molecule has 5 rings (SSSR count). The summed E-state index contributed by atoms with van der Waals surface area (Å²) in [6, 6.07) is 19.1. The van der Waals surface area contributed by atoms with Crippen molar-refractivity contribution in [1.29, 1.82) is 0 Å². The standard InChI is InChI=1S/C31H38F3N5/c1-38(2)27-9-5-7-22(19-27)23-16-17-35-30(20-23)37-29-11-4-3-10-28(29)36-25-8-6-18-39(21-25)26-14-12-24(13-15-26)31(32,33)34/h5,7,9,12-17,19-20,25,28-29,36H,3-4,6,8,10-11,18,21H2,1-2H3,(H,35,37)/t25?,28-,29?/m1/s1. The number of aromatic nitrogens is 1. The number of benzene rings is 2. The number of pyridine rings is 1. The Kier molecular flexibility index (Phi) is 8.31. The van der Waals surface area contributed by atoms with Crippen LogP contribution in [0, 0.1) is 0 Å². The molecule has 2 heterocycles. The van der Waals surface area contributed by atoms with Gasteiger partial charge in [-0.25, -0.2) is 4.98 Å². The van der Waals surface area contributed by atoms with Gasteiger partial charge >= 0.3 is 6.18 Å². The Morgan fingerprint density at radius 2 is 1.62 bits per heavy atom. The largest absolute Gasteiger partial charge is 0.416 e. The van der Waals surface area contributed by atoms with Crippen LogP contribution in [0.3, 0.4) is 0 Å². The highest BCUT2D eigenvalue weighted by molar-refractivity contribution is 5.70. The molecular formula is C31H38F3N5. The molecule has 2 N–H and O–H groups in total. The molecule has 2 unspecified atom stereocenters. The lowest BCUT2D eigenvalue weighted by molar-refractivity contribution is -0.137. The number of nitrogens with one attached hydrogen (secondary N) is 2. The molecule has 1 aliphatic heterocycles. The first-order valence-corrected chi connectivity index (χ1v) is 13.9. The van der Waals surface area contributed by atoms with Gasteiger partial charge in [-0.15, -0.1) is 0 Å². The molecule has 1 saturated heterocycles. The summed E-state index contributed by atoms with van der Waals surface area (Å²) in [5.74, 6) is 0.886. The van der Waals surface area contributed by atoms with E-state index in [2.05, 4.69) is 61.8 Å². The molecule has 39 heavy (non-hydrogen) atoms. The fourth-order valence-electron chi connectivity index (χ4n) is 5.86. The maximum absolute atomic E-state index is 13.0. The summed E-state index contributed by atoms with van der Waals surface area (Å²) < 4.78 is 39.0. The Balaban J connectivity index is 1.24. The normalized spacial score (nSPS) is 22.0.